The second-order valence-corrected chi connectivity index (χ2v) is 5.66. The van der Waals surface area contributed by atoms with E-state index in [9.17, 15) is 0 Å². The number of para-hydroxylation sites is 2. The van der Waals surface area contributed by atoms with Gasteiger partial charge in [-0.15, -0.1) is 0 Å². The number of piperidine rings is 1. The first kappa shape index (κ1) is 16.1. The second kappa shape index (κ2) is 8.90. The van der Waals surface area contributed by atoms with Gasteiger partial charge in [0, 0.05) is 13.1 Å². The topological polar surface area (TPSA) is 30.9 Å². The molecule has 1 aromatic rings. The van der Waals surface area contributed by atoms with E-state index >= 15 is 0 Å². The van der Waals surface area contributed by atoms with Crippen LogP contribution >= 0.6 is 0 Å². The fourth-order valence-electron chi connectivity index (χ4n) is 2.73. The summed E-state index contributed by atoms with van der Waals surface area (Å²) >= 11 is 0. The number of hydrogen-bond acceptors (Lipinski definition) is 4. The summed E-state index contributed by atoms with van der Waals surface area (Å²) in [4.78, 5) is 2.50. The molecule has 1 atom stereocenters. The molecule has 0 amide bonds. The highest BCUT2D eigenvalue weighted by Gasteiger charge is 2.15. The van der Waals surface area contributed by atoms with Crippen LogP contribution < -0.4 is 9.47 Å². The van der Waals surface area contributed by atoms with Crippen molar-refractivity contribution in [1.29, 1.82) is 0 Å². The number of nitrogens with zero attached hydrogens (tertiary/aromatic N) is 1. The minimum absolute atomic E-state index is 0.552. The molecule has 4 nitrogen and oxygen atoms in total. The Labute approximate surface area is 128 Å². The summed E-state index contributed by atoms with van der Waals surface area (Å²) in [7, 11) is 1.65. The van der Waals surface area contributed by atoms with Gasteiger partial charge in [0.1, 0.15) is 6.61 Å². The number of rotatable bonds is 8. The summed E-state index contributed by atoms with van der Waals surface area (Å²) in [6.07, 6.45) is 2.68. The molecular formula is C17H27NO3. The molecule has 1 saturated heterocycles. The minimum Gasteiger partial charge on any atom is -0.493 e. The van der Waals surface area contributed by atoms with Gasteiger partial charge in [-0.2, -0.15) is 0 Å². The van der Waals surface area contributed by atoms with Crippen molar-refractivity contribution in [3.63, 3.8) is 0 Å². The van der Waals surface area contributed by atoms with Gasteiger partial charge in [-0.1, -0.05) is 19.1 Å². The van der Waals surface area contributed by atoms with E-state index in [0.29, 0.717) is 13.2 Å². The van der Waals surface area contributed by atoms with E-state index in [-0.39, 0.29) is 0 Å². The fraction of sp³-hybridized carbons (Fsp3) is 0.647. The molecule has 0 radical (unpaired) electrons. The van der Waals surface area contributed by atoms with E-state index in [1.165, 1.54) is 25.9 Å². The summed E-state index contributed by atoms with van der Waals surface area (Å²) in [5, 5.41) is 0. The molecule has 0 N–H and O–H groups in total. The molecule has 118 valence electrons. The van der Waals surface area contributed by atoms with Crippen LogP contribution in [0.15, 0.2) is 24.3 Å². The van der Waals surface area contributed by atoms with Crippen LogP contribution in [0, 0.1) is 5.92 Å². The Balaban J connectivity index is 1.56. The van der Waals surface area contributed by atoms with Gasteiger partial charge in [0.2, 0.25) is 0 Å². The van der Waals surface area contributed by atoms with Gasteiger partial charge in [-0.05, 0) is 37.4 Å². The molecule has 1 fully saturated rings. The number of likely N-dealkylation sites (tertiary alicyclic amines) is 1. The minimum atomic E-state index is 0.552. The fourth-order valence-corrected chi connectivity index (χ4v) is 2.73. The Kier molecular flexibility index (Phi) is 6.83. The number of ether oxygens (including phenoxy) is 3. The van der Waals surface area contributed by atoms with E-state index in [1.54, 1.807) is 7.11 Å². The first-order chi connectivity index (χ1) is 10.3. The van der Waals surface area contributed by atoms with Crippen LogP contribution in [0.4, 0.5) is 0 Å². The Morgan fingerprint density at radius 2 is 1.95 bits per heavy atom. The summed E-state index contributed by atoms with van der Waals surface area (Å²) in [5.41, 5.74) is 0. The number of hydrogen-bond donors (Lipinski definition) is 0. The van der Waals surface area contributed by atoms with Gasteiger partial charge in [-0.25, -0.2) is 0 Å². The van der Waals surface area contributed by atoms with Crippen LogP contribution in [0.2, 0.25) is 0 Å². The average Bonchev–Trinajstić information content (AvgIpc) is 2.51. The maximum absolute atomic E-state index is 5.67. The summed E-state index contributed by atoms with van der Waals surface area (Å²) in [5.74, 6) is 2.36. The molecular weight excluding hydrogens is 266 g/mol. The van der Waals surface area contributed by atoms with Crippen molar-refractivity contribution in [1.82, 2.24) is 4.90 Å². The smallest absolute Gasteiger partial charge is 0.161 e. The highest BCUT2D eigenvalue weighted by molar-refractivity contribution is 5.39. The van der Waals surface area contributed by atoms with Gasteiger partial charge in [0.05, 0.1) is 20.3 Å². The maximum atomic E-state index is 5.67. The zero-order valence-electron chi connectivity index (χ0n) is 13.2. The van der Waals surface area contributed by atoms with E-state index in [1.807, 2.05) is 24.3 Å². The predicted octanol–water partition coefficient (Wildman–Crippen LogP) is 2.82. The second-order valence-electron chi connectivity index (χ2n) is 5.66. The monoisotopic (exact) mass is 293 g/mol. The molecule has 0 aliphatic carbocycles. The van der Waals surface area contributed by atoms with Crippen LogP contribution in [0.25, 0.3) is 0 Å². The largest absolute Gasteiger partial charge is 0.493 e. The lowest BCUT2D eigenvalue weighted by atomic mass is 10.0. The van der Waals surface area contributed by atoms with Crippen molar-refractivity contribution in [3.05, 3.63) is 24.3 Å². The van der Waals surface area contributed by atoms with Crippen molar-refractivity contribution in [2.45, 2.75) is 19.8 Å². The van der Waals surface area contributed by atoms with E-state index in [4.69, 9.17) is 14.2 Å². The lowest BCUT2D eigenvalue weighted by Gasteiger charge is -2.30. The molecule has 0 bridgehead atoms. The van der Waals surface area contributed by atoms with E-state index in [0.717, 1.165) is 30.6 Å². The Morgan fingerprint density at radius 1 is 1.14 bits per heavy atom. The first-order valence-electron chi connectivity index (χ1n) is 7.85. The van der Waals surface area contributed by atoms with Crippen LogP contribution in [0.5, 0.6) is 11.5 Å². The van der Waals surface area contributed by atoms with E-state index in [2.05, 4.69) is 11.8 Å². The third kappa shape index (κ3) is 5.56. The predicted molar refractivity (Wildman–Crippen MR) is 84.1 cm³/mol. The zero-order valence-corrected chi connectivity index (χ0v) is 13.2. The van der Waals surface area contributed by atoms with Gasteiger partial charge in [0.25, 0.3) is 0 Å². The van der Waals surface area contributed by atoms with E-state index < -0.39 is 0 Å². The average molecular weight is 293 g/mol. The van der Waals surface area contributed by atoms with Crippen molar-refractivity contribution in [3.8, 4) is 11.5 Å². The Bertz CT molecular complexity index is 411. The SMILES string of the molecule is COc1ccccc1OCCOCCN1CCC[C@H](C)C1. The Hall–Kier alpha value is -1.26. The number of methoxy groups -OCH3 is 1. The molecule has 0 saturated carbocycles. The zero-order chi connectivity index (χ0) is 14.9. The summed E-state index contributed by atoms with van der Waals surface area (Å²) in [6.45, 7) is 7.72. The van der Waals surface area contributed by atoms with Gasteiger partial charge < -0.3 is 19.1 Å². The normalized spacial score (nSPS) is 19.4. The summed E-state index contributed by atoms with van der Waals surface area (Å²) in [6, 6.07) is 7.68. The van der Waals surface area contributed by atoms with Crippen LogP contribution in [-0.4, -0.2) is 51.5 Å². The highest BCUT2D eigenvalue weighted by atomic mass is 16.5. The van der Waals surface area contributed by atoms with Crippen LogP contribution in [0.3, 0.4) is 0 Å². The lowest BCUT2D eigenvalue weighted by Crippen LogP contribution is -2.36. The van der Waals surface area contributed by atoms with Gasteiger partial charge in [0.15, 0.2) is 11.5 Å². The lowest BCUT2D eigenvalue weighted by molar-refractivity contribution is 0.0683. The van der Waals surface area contributed by atoms with Crippen molar-refractivity contribution >= 4 is 0 Å². The molecule has 1 heterocycles. The maximum Gasteiger partial charge on any atom is 0.161 e. The van der Waals surface area contributed by atoms with Crippen LogP contribution in [0.1, 0.15) is 19.8 Å². The van der Waals surface area contributed by atoms with Crippen molar-refractivity contribution < 1.29 is 14.2 Å². The van der Waals surface area contributed by atoms with Crippen molar-refractivity contribution in [2.24, 2.45) is 5.92 Å². The third-order valence-electron chi connectivity index (χ3n) is 3.85. The number of benzene rings is 1. The Morgan fingerprint density at radius 3 is 2.71 bits per heavy atom. The molecule has 1 aliphatic rings. The molecule has 0 aromatic heterocycles. The molecule has 2 rings (SSSR count). The first-order valence-corrected chi connectivity index (χ1v) is 7.85. The molecule has 0 unspecified atom stereocenters. The van der Waals surface area contributed by atoms with Crippen molar-refractivity contribution in [2.75, 3.05) is 46.6 Å². The molecule has 1 aliphatic heterocycles. The molecule has 0 spiro atoms. The molecule has 1 aromatic carbocycles. The quantitative estimate of drug-likeness (QED) is 0.690. The van der Waals surface area contributed by atoms with Gasteiger partial charge in [-0.3, -0.25) is 0 Å². The highest BCUT2D eigenvalue weighted by Crippen LogP contribution is 2.25. The standard InChI is InChI=1S/C17H27NO3/c1-15-6-5-9-18(14-15)10-11-20-12-13-21-17-8-4-3-7-16(17)19-2/h3-4,7-8,15H,5-6,9-14H2,1-2H3/t15-/m0/s1. The summed E-state index contributed by atoms with van der Waals surface area (Å²) < 4.78 is 16.6. The molecule has 4 heteroatoms. The third-order valence-corrected chi connectivity index (χ3v) is 3.85. The van der Waals surface area contributed by atoms with Gasteiger partial charge >= 0.3 is 0 Å². The molecule has 21 heavy (non-hydrogen) atoms. The van der Waals surface area contributed by atoms with Crippen LogP contribution in [-0.2, 0) is 4.74 Å².